The van der Waals surface area contributed by atoms with Crippen LogP contribution in [0.15, 0.2) is 5.16 Å². The molecular formula is C8H10ClN5O2S2. The maximum Gasteiger partial charge on any atom is 0.296 e. The van der Waals surface area contributed by atoms with Crippen LogP contribution in [-0.2, 0) is 14.5 Å². The number of aromatic amines is 1. The summed E-state index contributed by atoms with van der Waals surface area (Å²) in [7, 11) is 1.26. The van der Waals surface area contributed by atoms with Crippen molar-refractivity contribution in [1.29, 1.82) is 0 Å². The number of nitrogens with one attached hydrogen (secondary N) is 1. The van der Waals surface area contributed by atoms with E-state index in [1.807, 2.05) is 20.8 Å². The van der Waals surface area contributed by atoms with E-state index in [1.165, 1.54) is 0 Å². The van der Waals surface area contributed by atoms with Crippen molar-refractivity contribution in [3.63, 3.8) is 0 Å². The Hall–Kier alpha value is -1.06. The fourth-order valence-corrected chi connectivity index (χ4v) is 2.65. The van der Waals surface area contributed by atoms with E-state index in [0.717, 1.165) is 11.5 Å². The SMILES string of the molecule is CC(C)(C)c1nnsc1-c1n[nH]c(S(=O)(=O)Cl)n1. The summed E-state index contributed by atoms with van der Waals surface area (Å²) >= 11 is 1.11. The lowest BCUT2D eigenvalue weighted by atomic mass is 9.91. The van der Waals surface area contributed by atoms with E-state index in [0.29, 0.717) is 10.6 Å². The van der Waals surface area contributed by atoms with Crippen LogP contribution in [-0.4, -0.2) is 33.2 Å². The van der Waals surface area contributed by atoms with Crippen molar-refractivity contribution in [3.8, 4) is 10.7 Å². The van der Waals surface area contributed by atoms with E-state index < -0.39 is 9.05 Å². The quantitative estimate of drug-likeness (QED) is 0.845. The molecule has 10 heteroatoms. The molecule has 0 aliphatic heterocycles. The summed E-state index contributed by atoms with van der Waals surface area (Å²) < 4.78 is 26.1. The maximum atomic E-state index is 11.1. The third-order valence-electron chi connectivity index (χ3n) is 2.10. The lowest BCUT2D eigenvalue weighted by molar-refractivity contribution is 0.568. The van der Waals surface area contributed by atoms with Crippen LogP contribution in [0, 0.1) is 0 Å². The zero-order valence-electron chi connectivity index (χ0n) is 9.80. The molecule has 0 spiro atoms. The fourth-order valence-electron chi connectivity index (χ4n) is 1.29. The van der Waals surface area contributed by atoms with Crippen molar-refractivity contribution in [2.75, 3.05) is 0 Å². The molecule has 2 aromatic rings. The first-order valence-electron chi connectivity index (χ1n) is 4.90. The Balaban J connectivity index is 2.51. The molecule has 0 atom stereocenters. The third-order valence-corrected chi connectivity index (χ3v) is 3.90. The lowest BCUT2D eigenvalue weighted by Crippen LogP contribution is -2.13. The molecule has 0 aliphatic carbocycles. The van der Waals surface area contributed by atoms with Crippen LogP contribution >= 0.6 is 22.2 Å². The zero-order chi connectivity index (χ0) is 13.6. The highest BCUT2D eigenvalue weighted by atomic mass is 35.7. The number of rotatable bonds is 2. The number of halogens is 1. The predicted octanol–water partition coefficient (Wildman–Crippen LogP) is 1.55. The molecule has 0 aromatic carbocycles. The summed E-state index contributed by atoms with van der Waals surface area (Å²) in [6, 6.07) is 0. The van der Waals surface area contributed by atoms with Crippen molar-refractivity contribution in [2.24, 2.45) is 0 Å². The van der Waals surface area contributed by atoms with Gasteiger partial charge >= 0.3 is 0 Å². The average molecular weight is 308 g/mol. The molecule has 2 heterocycles. The molecule has 18 heavy (non-hydrogen) atoms. The number of hydrogen-bond donors (Lipinski definition) is 1. The molecule has 7 nitrogen and oxygen atoms in total. The Morgan fingerprint density at radius 3 is 2.50 bits per heavy atom. The predicted molar refractivity (Wildman–Crippen MR) is 67.0 cm³/mol. The Morgan fingerprint density at radius 2 is 2.00 bits per heavy atom. The van der Waals surface area contributed by atoms with Crippen LogP contribution in [0.5, 0.6) is 0 Å². The number of nitrogens with zero attached hydrogens (tertiary/aromatic N) is 4. The normalized spacial score (nSPS) is 12.9. The van der Waals surface area contributed by atoms with Gasteiger partial charge in [0, 0.05) is 16.1 Å². The summed E-state index contributed by atoms with van der Waals surface area (Å²) in [5.41, 5.74) is 0.480. The van der Waals surface area contributed by atoms with E-state index in [4.69, 9.17) is 10.7 Å². The maximum absolute atomic E-state index is 11.1. The van der Waals surface area contributed by atoms with Gasteiger partial charge in [-0.05, 0) is 11.5 Å². The smallest absolute Gasteiger partial charge is 0.248 e. The minimum atomic E-state index is -3.91. The molecule has 0 bridgehead atoms. The monoisotopic (exact) mass is 307 g/mol. The average Bonchev–Trinajstić information content (AvgIpc) is 2.84. The standard InChI is InChI=1S/C8H10ClN5O2S2/c1-8(2,3)5-4(17-14-11-5)6-10-7(13-12-6)18(9,15)16/h1-3H3,(H,10,12,13). The molecule has 0 saturated carbocycles. The number of hydrogen-bond acceptors (Lipinski definition) is 7. The van der Waals surface area contributed by atoms with Gasteiger partial charge in [-0.3, -0.25) is 0 Å². The summed E-state index contributed by atoms with van der Waals surface area (Å²) in [6.07, 6.45) is 0. The van der Waals surface area contributed by atoms with Gasteiger partial charge in [0.2, 0.25) is 0 Å². The summed E-state index contributed by atoms with van der Waals surface area (Å²) in [6.45, 7) is 5.91. The van der Waals surface area contributed by atoms with E-state index >= 15 is 0 Å². The van der Waals surface area contributed by atoms with E-state index in [2.05, 4.69) is 24.8 Å². The molecule has 1 N–H and O–H groups in total. The van der Waals surface area contributed by atoms with Crippen LogP contribution < -0.4 is 0 Å². The molecule has 2 rings (SSSR count). The van der Waals surface area contributed by atoms with E-state index in [9.17, 15) is 8.42 Å². The second-order valence-corrected chi connectivity index (χ2v) is 7.84. The van der Waals surface area contributed by atoms with Gasteiger partial charge in [-0.25, -0.2) is 13.5 Å². The molecular weight excluding hydrogens is 298 g/mol. The number of H-pyrrole nitrogens is 1. The van der Waals surface area contributed by atoms with Crippen molar-refractivity contribution in [3.05, 3.63) is 5.69 Å². The first-order valence-corrected chi connectivity index (χ1v) is 7.98. The second kappa shape index (κ2) is 4.25. The largest absolute Gasteiger partial charge is 0.296 e. The summed E-state index contributed by atoms with van der Waals surface area (Å²) in [4.78, 5) is 4.47. The minimum absolute atomic E-state index is 0.231. The first kappa shape index (κ1) is 13.4. The Morgan fingerprint density at radius 1 is 1.33 bits per heavy atom. The van der Waals surface area contributed by atoms with Crippen molar-refractivity contribution >= 4 is 31.3 Å². The van der Waals surface area contributed by atoms with Gasteiger partial charge in [-0.1, -0.05) is 25.3 Å². The van der Waals surface area contributed by atoms with Crippen LogP contribution in [0.2, 0.25) is 0 Å². The molecule has 0 fully saturated rings. The van der Waals surface area contributed by atoms with Crippen molar-refractivity contribution in [1.82, 2.24) is 24.8 Å². The van der Waals surface area contributed by atoms with Gasteiger partial charge in [0.25, 0.3) is 14.2 Å². The highest BCUT2D eigenvalue weighted by molar-refractivity contribution is 8.13. The zero-order valence-corrected chi connectivity index (χ0v) is 12.2. The second-order valence-electron chi connectivity index (χ2n) is 4.60. The van der Waals surface area contributed by atoms with Gasteiger partial charge in [-0.15, -0.1) is 5.10 Å². The number of aromatic nitrogens is 5. The highest BCUT2D eigenvalue weighted by Crippen LogP contribution is 2.32. The minimum Gasteiger partial charge on any atom is -0.248 e. The molecule has 2 aromatic heterocycles. The fraction of sp³-hybridized carbons (Fsp3) is 0.500. The molecule has 0 saturated heterocycles. The van der Waals surface area contributed by atoms with Crippen molar-refractivity contribution < 1.29 is 8.42 Å². The third kappa shape index (κ3) is 2.52. The Labute approximate surface area is 112 Å². The first-order chi connectivity index (χ1) is 8.19. The molecule has 98 valence electrons. The highest BCUT2D eigenvalue weighted by Gasteiger charge is 2.26. The Bertz CT molecular complexity index is 670. The van der Waals surface area contributed by atoms with Gasteiger partial charge in [0.05, 0.1) is 5.69 Å². The van der Waals surface area contributed by atoms with Crippen LogP contribution in [0.25, 0.3) is 10.7 Å². The summed E-state index contributed by atoms with van der Waals surface area (Å²) in [5.74, 6) is 0.231. The van der Waals surface area contributed by atoms with Gasteiger partial charge in [0.15, 0.2) is 5.82 Å². The molecule has 0 radical (unpaired) electrons. The topological polar surface area (TPSA) is 101 Å². The molecule has 0 aliphatic rings. The lowest BCUT2D eigenvalue weighted by Gasteiger charge is -2.15. The van der Waals surface area contributed by atoms with E-state index in [1.54, 1.807) is 0 Å². The van der Waals surface area contributed by atoms with E-state index in [-0.39, 0.29) is 16.4 Å². The van der Waals surface area contributed by atoms with Gasteiger partial charge in [-0.2, -0.15) is 10.1 Å². The van der Waals surface area contributed by atoms with Crippen LogP contribution in [0.1, 0.15) is 26.5 Å². The van der Waals surface area contributed by atoms with Gasteiger partial charge < -0.3 is 0 Å². The molecule has 0 unspecified atom stereocenters. The van der Waals surface area contributed by atoms with Crippen LogP contribution in [0.3, 0.4) is 0 Å². The van der Waals surface area contributed by atoms with Crippen LogP contribution in [0.4, 0.5) is 0 Å². The molecule has 0 amide bonds. The van der Waals surface area contributed by atoms with Crippen molar-refractivity contribution in [2.45, 2.75) is 31.3 Å². The van der Waals surface area contributed by atoms with Gasteiger partial charge in [0.1, 0.15) is 4.88 Å². The summed E-state index contributed by atoms with van der Waals surface area (Å²) in [5, 5.41) is 9.76. The Kier molecular flexibility index (Phi) is 3.16.